The zero-order valence-corrected chi connectivity index (χ0v) is 21.1. The van der Waals surface area contributed by atoms with E-state index in [0.29, 0.717) is 0 Å². The molecule has 0 bridgehead atoms. The van der Waals surface area contributed by atoms with Crippen LogP contribution in [0.5, 0.6) is 0 Å². The van der Waals surface area contributed by atoms with Gasteiger partial charge in [0.1, 0.15) is 0 Å². The summed E-state index contributed by atoms with van der Waals surface area (Å²) in [6.45, 7) is 6.55. The van der Waals surface area contributed by atoms with Gasteiger partial charge in [-0.15, -0.1) is 0 Å². The molecule has 0 spiro atoms. The van der Waals surface area contributed by atoms with E-state index in [2.05, 4.69) is 13.8 Å². The van der Waals surface area contributed by atoms with Gasteiger partial charge in [0.25, 0.3) is 0 Å². The molecular formula is C20H44Na2O. The molecule has 1 nitrogen and oxygen atoms in total. The number of hydrogen-bond acceptors (Lipinski definition) is 1. The van der Waals surface area contributed by atoms with Crippen LogP contribution in [0.15, 0.2) is 0 Å². The van der Waals surface area contributed by atoms with E-state index in [1.807, 2.05) is 0 Å². The van der Waals surface area contributed by atoms with Crippen molar-refractivity contribution in [2.45, 2.75) is 117 Å². The Morgan fingerprint density at radius 2 is 0.696 bits per heavy atom. The van der Waals surface area contributed by atoms with Crippen molar-refractivity contribution in [2.24, 2.45) is 0 Å². The molecule has 0 aromatic rings. The molecular weight excluding hydrogens is 302 g/mol. The first-order valence-electron chi connectivity index (χ1n) is 9.99. The number of hydrogen-bond donors (Lipinski definition) is 0. The smallest absolute Gasteiger partial charge is 1.00 e. The van der Waals surface area contributed by atoms with E-state index in [0.717, 1.165) is 13.2 Å². The third-order valence-electron chi connectivity index (χ3n) is 4.28. The van der Waals surface area contributed by atoms with E-state index in [-0.39, 0.29) is 62.0 Å². The van der Waals surface area contributed by atoms with Gasteiger partial charge in [-0.25, -0.2) is 0 Å². The second-order valence-electron chi connectivity index (χ2n) is 6.56. The third kappa shape index (κ3) is 29.0. The number of ether oxygens (including phenoxy) is 1. The summed E-state index contributed by atoms with van der Waals surface area (Å²) in [5.74, 6) is 0. The molecule has 3 heteroatoms. The Hall–Kier alpha value is 1.96. The minimum Gasteiger partial charge on any atom is -1.00 e. The van der Waals surface area contributed by atoms with Gasteiger partial charge in [0.2, 0.25) is 0 Å². The SMILES string of the molecule is CCCCCCCCCCOCCCCCCCCCC.[H-].[H-].[Na+].[Na+]. The van der Waals surface area contributed by atoms with Crippen LogP contribution >= 0.6 is 0 Å². The van der Waals surface area contributed by atoms with Crippen LogP contribution in [0.1, 0.15) is 119 Å². The number of unbranched alkanes of at least 4 members (excludes halogenated alkanes) is 14. The fraction of sp³-hybridized carbons (Fsp3) is 1.00. The molecule has 0 heterocycles. The molecule has 0 fully saturated rings. The maximum atomic E-state index is 5.72. The molecule has 0 aliphatic rings. The van der Waals surface area contributed by atoms with Gasteiger partial charge < -0.3 is 7.59 Å². The molecule has 0 unspecified atom stereocenters. The largest absolute Gasteiger partial charge is 1.00 e. The molecule has 23 heavy (non-hydrogen) atoms. The summed E-state index contributed by atoms with van der Waals surface area (Å²) >= 11 is 0. The Kier molecular flexibility index (Phi) is 37.1. The summed E-state index contributed by atoms with van der Waals surface area (Å²) in [6, 6.07) is 0. The molecule has 132 valence electrons. The normalized spacial score (nSPS) is 10.2. The molecule has 0 saturated heterocycles. The zero-order valence-electron chi connectivity index (χ0n) is 19.1. The van der Waals surface area contributed by atoms with Crippen LogP contribution in [0.25, 0.3) is 0 Å². The Morgan fingerprint density at radius 1 is 0.435 bits per heavy atom. The van der Waals surface area contributed by atoms with Crippen molar-refractivity contribution in [3.63, 3.8) is 0 Å². The Bertz CT molecular complexity index is 169. The molecule has 0 amide bonds. The fourth-order valence-electron chi connectivity index (χ4n) is 2.78. The van der Waals surface area contributed by atoms with Gasteiger partial charge in [-0.3, -0.25) is 0 Å². The topological polar surface area (TPSA) is 9.23 Å². The molecule has 0 atom stereocenters. The fourth-order valence-corrected chi connectivity index (χ4v) is 2.78. The quantitative estimate of drug-likeness (QED) is 0.270. The molecule has 0 aliphatic carbocycles. The molecule has 0 rings (SSSR count). The standard InChI is InChI=1S/C20H42O.2Na.2H/c1-3-5-7-9-11-13-15-17-19-21-20-18-16-14-12-10-8-6-4-2;;;;/h3-20H2,1-2H3;;;;/q;2*+1;2*-1. The maximum Gasteiger partial charge on any atom is 1.00 e. The van der Waals surface area contributed by atoms with Gasteiger partial charge in [0, 0.05) is 13.2 Å². The average Bonchev–Trinajstić information content (AvgIpc) is 2.50. The van der Waals surface area contributed by atoms with Crippen LogP contribution in [-0.4, -0.2) is 13.2 Å². The van der Waals surface area contributed by atoms with Crippen molar-refractivity contribution >= 4 is 0 Å². The van der Waals surface area contributed by atoms with E-state index < -0.39 is 0 Å². The predicted octanol–water partition coefficient (Wildman–Crippen LogP) is 1.52. The summed E-state index contributed by atoms with van der Waals surface area (Å²) in [4.78, 5) is 0. The van der Waals surface area contributed by atoms with Gasteiger partial charge in [-0.05, 0) is 12.8 Å². The van der Waals surface area contributed by atoms with E-state index in [9.17, 15) is 0 Å². The first-order chi connectivity index (χ1) is 10.4. The van der Waals surface area contributed by atoms with Crippen LogP contribution in [0.2, 0.25) is 0 Å². The van der Waals surface area contributed by atoms with E-state index in [1.54, 1.807) is 0 Å². The molecule has 0 radical (unpaired) electrons. The Morgan fingerprint density at radius 3 is 1.00 bits per heavy atom. The van der Waals surface area contributed by atoms with Gasteiger partial charge in [-0.1, -0.05) is 104 Å². The molecule has 0 N–H and O–H groups in total. The van der Waals surface area contributed by atoms with E-state index in [1.165, 1.54) is 103 Å². The van der Waals surface area contributed by atoms with E-state index >= 15 is 0 Å². The van der Waals surface area contributed by atoms with Gasteiger partial charge in [-0.2, -0.15) is 0 Å². The summed E-state index contributed by atoms with van der Waals surface area (Å²) in [5, 5.41) is 0. The molecule has 0 aromatic carbocycles. The second-order valence-corrected chi connectivity index (χ2v) is 6.56. The van der Waals surface area contributed by atoms with Crippen molar-refractivity contribution in [3.05, 3.63) is 0 Å². The zero-order chi connectivity index (χ0) is 15.4. The van der Waals surface area contributed by atoms with Gasteiger partial charge >= 0.3 is 59.1 Å². The Balaban J connectivity index is -0.000000333. The van der Waals surface area contributed by atoms with Crippen molar-refractivity contribution in [2.75, 3.05) is 13.2 Å². The van der Waals surface area contributed by atoms with Crippen LogP contribution < -0.4 is 59.1 Å². The summed E-state index contributed by atoms with van der Waals surface area (Å²) in [7, 11) is 0. The summed E-state index contributed by atoms with van der Waals surface area (Å²) in [5.41, 5.74) is 0. The number of rotatable bonds is 18. The van der Waals surface area contributed by atoms with Crippen molar-refractivity contribution in [1.29, 1.82) is 0 Å². The van der Waals surface area contributed by atoms with Crippen LogP contribution in [0.4, 0.5) is 0 Å². The molecule has 0 aromatic heterocycles. The maximum absolute atomic E-state index is 5.72. The first kappa shape index (κ1) is 29.7. The monoisotopic (exact) mass is 346 g/mol. The van der Waals surface area contributed by atoms with Gasteiger partial charge in [0.05, 0.1) is 0 Å². The van der Waals surface area contributed by atoms with Crippen LogP contribution in [-0.2, 0) is 4.74 Å². The minimum absolute atomic E-state index is 0. The predicted molar refractivity (Wildman–Crippen MR) is 98.3 cm³/mol. The minimum atomic E-state index is 0. The van der Waals surface area contributed by atoms with Crippen molar-refractivity contribution in [3.8, 4) is 0 Å². The molecule has 0 saturated carbocycles. The summed E-state index contributed by atoms with van der Waals surface area (Å²) in [6.07, 6.45) is 22.2. The van der Waals surface area contributed by atoms with Crippen LogP contribution in [0, 0.1) is 0 Å². The Labute approximate surface area is 195 Å². The third-order valence-corrected chi connectivity index (χ3v) is 4.28. The van der Waals surface area contributed by atoms with Gasteiger partial charge in [0.15, 0.2) is 0 Å². The molecule has 0 aliphatic heterocycles. The summed E-state index contributed by atoms with van der Waals surface area (Å²) < 4.78 is 5.72. The van der Waals surface area contributed by atoms with Crippen molar-refractivity contribution in [1.82, 2.24) is 0 Å². The van der Waals surface area contributed by atoms with E-state index in [4.69, 9.17) is 4.74 Å². The average molecular weight is 347 g/mol. The first-order valence-corrected chi connectivity index (χ1v) is 9.99. The second kappa shape index (κ2) is 28.8. The van der Waals surface area contributed by atoms with Crippen LogP contribution in [0.3, 0.4) is 0 Å². The van der Waals surface area contributed by atoms with Crippen molar-refractivity contribution < 1.29 is 66.7 Å².